The Morgan fingerprint density at radius 1 is 1.79 bits per heavy atom. The third kappa shape index (κ3) is 1.68. The van der Waals surface area contributed by atoms with Crippen LogP contribution in [0.2, 0.25) is 0 Å². The van der Waals surface area contributed by atoms with E-state index < -0.39 is 4.92 Å². The monoisotopic (exact) mass is 215 g/mol. The number of hydrogen-bond acceptors (Lipinski definition) is 6. The highest BCUT2D eigenvalue weighted by Gasteiger charge is 2.24. The van der Waals surface area contributed by atoms with E-state index in [-0.39, 0.29) is 11.1 Å². The van der Waals surface area contributed by atoms with E-state index in [9.17, 15) is 15.2 Å². The van der Waals surface area contributed by atoms with Crippen molar-refractivity contribution in [2.45, 2.75) is 12.5 Å². The predicted molar refractivity (Wildman–Crippen MR) is 51.6 cm³/mol. The molecule has 0 aromatic carbocycles. The summed E-state index contributed by atoms with van der Waals surface area (Å²) in [4.78, 5) is 15.8. The van der Waals surface area contributed by atoms with E-state index in [1.165, 1.54) is 6.20 Å². The molecule has 0 saturated carbocycles. The Morgan fingerprint density at radius 2 is 2.57 bits per heavy atom. The second kappa shape index (κ2) is 3.50. The van der Waals surface area contributed by atoms with Crippen molar-refractivity contribution >= 4 is 21.5 Å². The molecule has 7 heteroatoms. The van der Waals surface area contributed by atoms with Crippen molar-refractivity contribution in [1.82, 2.24) is 4.98 Å². The quantitative estimate of drug-likeness (QED) is 0.578. The van der Waals surface area contributed by atoms with Crippen LogP contribution in [0.25, 0.3) is 0 Å². The summed E-state index contributed by atoms with van der Waals surface area (Å²) >= 11 is 1.04. The molecule has 6 nitrogen and oxygen atoms in total. The molecule has 2 heterocycles. The van der Waals surface area contributed by atoms with Gasteiger partial charge >= 0.3 is 5.00 Å². The topological polar surface area (TPSA) is 79.5 Å². The third-order valence-corrected chi connectivity index (χ3v) is 3.10. The van der Waals surface area contributed by atoms with Crippen LogP contribution >= 0.6 is 11.3 Å². The minimum atomic E-state index is -0.451. The fourth-order valence-corrected chi connectivity index (χ4v) is 2.17. The normalized spacial score (nSPS) is 21.5. The Balaban J connectivity index is 2.13. The Bertz CT molecular complexity index is 354. The SMILES string of the molecule is O=[N+]([O-])c1cnc(N2CCC(O)C2)s1. The standard InChI is InChI=1S/C7H9N3O3S/c11-5-1-2-9(4-5)7-8-3-6(14-7)10(12)13/h3,5,11H,1-2,4H2. The van der Waals surface area contributed by atoms with Crippen LogP contribution in [0.1, 0.15) is 6.42 Å². The summed E-state index contributed by atoms with van der Waals surface area (Å²) in [5.74, 6) is 0. The van der Waals surface area contributed by atoms with Crippen LogP contribution in [-0.2, 0) is 0 Å². The number of thiazole rings is 1. The fourth-order valence-electron chi connectivity index (χ4n) is 1.40. The van der Waals surface area contributed by atoms with E-state index in [1.807, 2.05) is 4.90 Å². The van der Waals surface area contributed by atoms with Gasteiger partial charge in [-0.1, -0.05) is 0 Å². The van der Waals surface area contributed by atoms with Gasteiger partial charge in [0.1, 0.15) is 6.20 Å². The smallest absolute Gasteiger partial charge is 0.345 e. The van der Waals surface area contributed by atoms with Crippen LogP contribution in [0.5, 0.6) is 0 Å². The fraction of sp³-hybridized carbons (Fsp3) is 0.571. The third-order valence-electron chi connectivity index (χ3n) is 2.10. The molecule has 14 heavy (non-hydrogen) atoms. The molecule has 1 atom stereocenters. The highest BCUT2D eigenvalue weighted by molar-refractivity contribution is 7.18. The largest absolute Gasteiger partial charge is 0.391 e. The molecule has 76 valence electrons. The number of aliphatic hydroxyl groups is 1. The number of aromatic nitrogens is 1. The summed E-state index contributed by atoms with van der Waals surface area (Å²) in [6.45, 7) is 1.23. The zero-order valence-corrected chi connectivity index (χ0v) is 8.11. The Labute approximate surface area is 84.0 Å². The van der Waals surface area contributed by atoms with Gasteiger partial charge in [-0.25, -0.2) is 4.98 Å². The van der Waals surface area contributed by atoms with E-state index in [0.29, 0.717) is 24.6 Å². The minimum absolute atomic E-state index is 0.0430. The first kappa shape index (κ1) is 9.35. The van der Waals surface area contributed by atoms with E-state index >= 15 is 0 Å². The van der Waals surface area contributed by atoms with E-state index in [2.05, 4.69) is 4.98 Å². The lowest BCUT2D eigenvalue weighted by Crippen LogP contribution is -2.20. The highest BCUT2D eigenvalue weighted by Crippen LogP contribution is 2.30. The number of rotatable bonds is 2. The summed E-state index contributed by atoms with van der Waals surface area (Å²) in [6.07, 6.45) is 1.62. The molecule has 1 aromatic rings. The van der Waals surface area contributed by atoms with Crippen LogP contribution in [-0.4, -0.2) is 34.2 Å². The van der Waals surface area contributed by atoms with Crippen molar-refractivity contribution in [1.29, 1.82) is 0 Å². The molecular weight excluding hydrogens is 206 g/mol. The van der Waals surface area contributed by atoms with Gasteiger partial charge in [0, 0.05) is 13.1 Å². The molecule has 2 rings (SSSR count). The summed E-state index contributed by atoms with van der Waals surface area (Å²) in [5.41, 5.74) is 0. The molecule has 1 fully saturated rings. The van der Waals surface area contributed by atoms with Crippen molar-refractivity contribution in [2.24, 2.45) is 0 Å². The molecule has 0 spiro atoms. The number of anilines is 1. The zero-order valence-electron chi connectivity index (χ0n) is 7.29. The van der Waals surface area contributed by atoms with Crippen LogP contribution in [0.3, 0.4) is 0 Å². The van der Waals surface area contributed by atoms with Crippen LogP contribution in [0, 0.1) is 10.1 Å². The zero-order chi connectivity index (χ0) is 10.1. The lowest BCUT2D eigenvalue weighted by atomic mass is 10.3. The highest BCUT2D eigenvalue weighted by atomic mass is 32.1. The molecule has 1 saturated heterocycles. The lowest BCUT2D eigenvalue weighted by molar-refractivity contribution is -0.380. The molecule has 1 aliphatic heterocycles. The second-order valence-electron chi connectivity index (χ2n) is 3.13. The van der Waals surface area contributed by atoms with E-state index in [0.717, 1.165) is 11.3 Å². The van der Waals surface area contributed by atoms with Crippen LogP contribution in [0.15, 0.2) is 6.20 Å². The first-order chi connectivity index (χ1) is 6.66. The molecule has 0 amide bonds. The van der Waals surface area contributed by atoms with Gasteiger partial charge in [-0.05, 0) is 17.8 Å². The van der Waals surface area contributed by atoms with Crippen molar-refractivity contribution < 1.29 is 10.0 Å². The number of nitrogens with zero attached hydrogens (tertiary/aromatic N) is 3. The molecule has 0 radical (unpaired) electrons. The van der Waals surface area contributed by atoms with Gasteiger partial charge in [-0.3, -0.25) is 10.1 Å². The van der Waals surface area contributed by atoms with Crippen molar-refractivity contribution in [3.05, 3.63) is 16.3 Å². The Hall–Kier alpha value is -1.21. The summed E-state index contributed by atoms with van der Waals surface area (Å²) < 4.78 is 0. The van der Waals surface area contributed by atoms with Gasteiger partial charge in [-0.2, -0.15) is 0 Å². The first-order valence-corrected chi connectivity index (χ1v) is 5.01. The average molecular weight is 215 g/mol. The van der Waals surface area contributed by atoms with Gasteiger partial charge in [-0.15, -0.1) is 0 Å². The van der Waals surface area contributed by atoms with Crippen molar-refractivity contribution in [3.63, 3.8) is 0 Å². The van der Waals surface area contributed by atoms with Crippen molar-refractivity contribution in [2.75, 3.05) is 18.0 Å². The van der Waals surface area contributed by atoms with Gasteiger partial charge < -0.3 is 10.0 Å². The maximum Gasteiger partial charge on any atom is 0.345 e. The number of hydrogen-bond donors (Lipinski definition) is 1. The molecule has 1 N–H and O–H groups in total. The maximum absolute atomic E-state index is 10.4. The molecular formula is C7H9N3O3S. The van der Waals surface area contributed by atoms with Gasteiger partial charge in [0.25, 0.3) is 0 Å². The minimum Gasteiger partial charge on any atom is -0.391 e. The molecule has 0 bridgehead atoms. The maximum atomic E-state index is 10.4. The molecule has 1 unspecified atom stereocenters. The summed E-state index contributed by atoms with van der Waals surface area (Å²) in [5, 5.41) is 20.3. The second-order valence-corrected chi connectivity index (χ2v) is 4.11. The van der Waals surface area contributed by atoms with Crippen LogP contribution in [0.4, 0.5) is 10.1 Å². The lowest BCUT2D eigenvalue weighted by Gasteiger charge is -2.11. The van der Waals surface area contributed by atoms with Gasteiger partial charge in [0.05, 0.1) is 11.0 Å². The molecule has 1 aliphatic rings. The van der Waals surface area contributed by atoms with E-state index in [4.69, 9.17) is 0 Å². The number of nitro groups is 1. The number of aliphatic hydroxyl groups excluding tert-OH is 1. The Morgan fingerprint density at radius 3 is 3.07 bits per heavy atom. The van der Waals surface area contributed by atoms with E-state index in [1.54, 1.807) is 0 Å². The average Bonchev–Trinajstić information content (AvgIpc) is 2.70. The summed E-state index contributed by atoms with van der Waals surface area (Å²) in [7, 11) is 0. The Kier molecular flexibility index (Phi) is 2.34. The van der Waals surface area contributed by atoms with Crippen molar-refractivity contribution in [3.8, 4) is 0 Å². The van der Waals surface area contributed by atoms with Gasteiger partial charge in [0.2, 0.25) is 0 Å². The number of β-amino-alcohol motifs (C(OH)–C–C–N with tert-alkyl or cyclic N) is 1. The molecule has 0 aliphatic carbocycles. The molecule has 1 aromatic heterocycles. The predicted octanol–water partition coefficient (Wildman–Crippen LogP) is 0.622. The summed E-state index contributed by atoms with van der Waals surface area (Å²) in [6, 6.07) is 0. The van der Waals surface area contributed by atoms with Gasteiger partial charge in [0.15, 0.2) is 5.13 Å². The van der Waals surface area contributed by atoms with Crippen LogP contribution < -0.4 is 4.90 Å². The first-order valence-electron chi connectivity index (χ1n) is 4.20.